The molecule has 1 atom stereocenters. The van der Waals surface area contributed by atoms with Crippen LogP contribution in [0.3, 0.4) is 0 Å². The lowest BCUT2D eigenvalue weighted by molar-refractivity contribution is 0.0778. The molecule has 5 nitrogen and oxygen atoms in total. The van der Waals surface area contributed by atoms with Crippen LogP contribution in [0, 0.1) is 0 Å². The van der Waals surface area contributed by atoms with Crippen molar-refractivity contribution in [3.05, 3.63) is 53.9 Å². The van der Waals surface area contributed by atoms with Crippen LogP contribution in [0.2, 0.25) is 0 Å². The summed E-state index contributed by atoms with van der Waals surface area (Å²) in [6.45, 7) is 2.59. The van der Waals surface area contributed by atoms with E-state index in [2.05, 4.69) is 10.4 Å². The lowest BCUT2D eigenvalue weighted by Crippen LogP contribution is -2.32. The summed E-state index contributed by atoms with van der Waals surface area (Å²) in [6.07, 6.45) is 4.19. The molecule has 0 radical (unpaired) electrons. The van der Waals surface area contributed by atoms with Crippen LogP contribution >= 0.6 is 0 Å². The molecule has 0 bridgehead atoms. The summed E-state index contributed by atoms with van der Waals surface area (Å²) >= 11 is 0. The molecule has 1 aromatic heterocycles. The predicted octanol–water partition coefficient (Wildman–Crippen LogP) is 2.08. The van der Waals surface area contributed by atoms with Crippen LogP contribution in [0.4, 0.5) is 0 Å². The minimum Gasteiger partial charge on any atom is -0.336 e. The van der Waals surface area contributed by atoms with Crippen LogP contribution in [-0.4, -0.2) is 40.7 Å². The maximum atomic E-state index is 12.5. The Hall–Kier alpha value is -2.14. The fourth-order valence-electron chi connectivity index (χ4n) is 2.84. The quantitative estimate of drug-likeness (QED) is 0.940. The third-order valence-corrected chi connectivity index (χ3v) is 4.08. The number of nitrogens with zero attached hydrogens (tertiary/aromatic N) is 3. The Morgan fingerprint density at radius 2 is 2.18 bits per heavy atom. The molecule has 1 aliphatic heterocycles. The highest BCUT2D eigenvalue weighted by Gasteiger charge is 2.19. The Morgan fingerprint density at radius 3 is 2.91 bits per heavy atom. The predicted molar refractivity (Wildman–Crippen MR) is 85.6 cm³/mol. The maximum absolute atomic E-state index is 12.5. The van der Waals surface area contributed by atoms with Gasteiger partial charge in [0.05, 0.1) is 6.04 Å². The van der Waals surface area contributed by atoms with E-state index in [-0.39, 0.29) is 5.91 Å². The van der Waals surface area contributed by atoms with Gasteiger partial charge < -0.3 is 10.2 Å². The second-order valence-corrected chi connectivity index (χ2v) is 5.83. The molecule has 1 unspecified atom stereocenters. The van der Waals surface area contributed by atoms with Gasteiger partial charge in [0.1, 0.15) is 5.69 Å². The number of piperidine rings is 1. The molecule has 22 heavy (non-hydrogen) atoms. The SMILES string of the molecule is CN(Cc1ccccc1)C(=O)c1ccn(C2CCCNC2)n1. The van der Waals surface area contributed by atoms with E-state index < -0.39 is 0 Å². The zero-order valence-corrected chi connectivity index (χ0v) is 12.9. The molecule has 2 aromatic rings. The Labute approximate surface area is 130 Å². The van der Waals surface area contributed by atoms with E-state index in [1.165, 1.54) is 0 Å². The highest BCUT2D eigenvalue weighted by molar-refractivity contribution is 5.91. The number of carbonyl (C=O) groups excluding carboxylic acids is 1. The molecule has 1 N–H and O–H groups in total. The third-order valence-electron chi connectivity index (χ3n) is 4.08. The summed E-state index contributed by atoms with van der Waals surface area (Å²) in [5.74, 6) is -0.0358. The molecule has 0 spiro atoms. The summed E-state index contributed by atoms with van der Waals surface area (Å²) in [5.41, 5.74) is 1.64. The summed E-state index contributed by atoms with van der Waals surface area (Å²) in [5, 5.41) is 7.85. The van der Waals surface area contributed by atoms with E-state index in [4.69, 9.17) is 0 Å². The monoisotopic (exact) mass is 298 g/mol. The smallest absolute Gasteiger partial charge is 0.274 e. The van der Waals surface area contributed by atoms with Crippen LogP contribution in [0.25, 0.3) is 0 Å². The van der Waals surface area contributed by atoms with Gasteiger partial charge in [-0.2, -0.15) is 5.10 Å². The third kappa shape index (κ3) is 3.36. The van der Waals surface area contributed by atoms with Crippen molar-refractivity contribution in [1.82, 2.24) is 20.0 Å². The number of hydrogen-bond donors (Lipinski definition) is 1. The van der Waals surface area contributed by atoms with Gasteiger partial charge >= 0.3 is 0 Å². The molecule has 116 valence electrons. The zero-order valence-electron chi connectivity index (χ0n) is 12.9. The maximum Gasteiger partial charge on any atom is 0.274 e. The van der Waals surface area contributed by atoms with Crippen molar-refractivity contribution in [3.63, 3.8) is 0 Å². The average molecular weight is 298 g/mol. The first-order valence-electron chi connectivity index (χ1n) is 7.79. The first-order chi connectivity index (χ1) is 10.7. The largest absolute Gasteiger partial charge is 0.336 e. The summed E-state index contributed by atoms with van der Waals surface area (Å²) in [7, 11) is 1.82. The van der Waals surface area contributed by atoms with E-state index >= 15 is 0 Å². The van der Waals surface area contributed by atoms with Gasteiger partial charge in [-0.05, 0) is 31.0 Å². The van der Waals surface area contributed by atoms with Crippen LogP contribution in [0.5, 0.6) is 0 Å². The van der Waals surface area contributed by atoms with E-state index in [0.29, 0.717) is 18.3 Å². The zero-order chi connectivity index (χ0) is 15.4. The minimum absolute atomic E-state index is 0.0358. The first-order valence-corrected chi connectivity index (χ1v) is 7.79. The number of carbonyl (C=O) groups is 1. The van der Waals surface area contributed by atoms with Gasteiger partial charge in [0.2, 0.25) is 0 Å². The topological polar surface area (TPSA) is 50.2 Å². The van der Waals surface area contributed by atoms with Crippen molar-refractivity contribution in [2.45, 2.75) is 25.4 Å². The van der Waals surface area contributed by atoms with Gasteiger partial charge in [-0.1, -0.05) is 30.3 Å². The molecule has 2 heterocycles. The number of hydrogen-bond acceptors (Lipinski definition) is 3. The fourth-order valence-corrected chi connectivity index (χ4v) is 2.84. The van der Waals surface area contributed by atoms with Crippen LogP contribution in [0.15, 0.2) is 42.6 Å². The molecular formula is C17H22N4O. The van der Waals surface area contributed by atoms with E-state index in [0.717, 1.165) is 31.5 Å². The van der Waals surface area contributed by atoms with Crippen LogP contribution < -0.4 is 5.32 Å². The van der Waals surface area contributed by atoms with Gasteiger partial charge in [-0.15, -0.1) is 0 Å². The molecule has 0 saturated carbocycles. The minimum atomic E-state index is -0.0358. The highest BCUT2D eigenvalue weighted by Crippen LogP contribution is 2.16. The number of amides is 1. The van der Waals surface area contributed by atoms with Crippen molar-refractivity contribution >= 4 is 5.91 Å². The standard InChI is InChI=1S/C17H22N4O/c1-20(13-14-6-3-2-4-7-14)17(22)16-9-11-21(19-16)15-8-5-10-18-12-15/h2-4,6-7,9,11,15,18H,5,8,10,12-13H2,1H3. The van der Waals surface area contributed by atoms with Gasteiger partial charge in [0, 0.05) is 26.3 Å². The Kier molecular flexibility index (Phi) is 4.53. The molecule has 5 heteroatoms. The molecule has 3 rings (SSSR count). The van der Waals surface area contributed by atoms with Gasteiger partial charge in [0.25, 0.3) is 5.91 Å². The van der Waals surface area contributed by atoms with Crippen molar-refractivity contribution < 1.29 is 4.79 Å². The molecule has 1 aliphatic rings. The van der Waals surface area contributed by atoms with Crippen LogP contribution in [0.1, 0.15) is 34.9 Å². The number of nitrogens with one attached hydrogen (secondary N) is 1. The van der Waals surface area contributed by atoms with Crippen molar-refractivity contribution in [1.29, 1.82) is 0 Å². The van der Waals surface area contributed by atoms with E-state index in [1.807, 2.05) is 54.3 Å². The van der Waals surface area contributed by atoms with Crippen molar-refractivity contribution in [2.75, 3.05) is 20.1 Å². The normalized spacial score (nSPS) is 18.1. The number of rotatable bonds is 4. The Morgan fingerprint density at radius 1 is 1.36 bits per heavy atom. The first kappa shape index (κ1) is 14.8. The van der Waals surface area contributed by atoms with Crippen molar-refractivity contribution in [3.8, 4) is 0 Å². The second-order valence-electron chi connectivity index (χ2n) is 5.83. The lowest BCUT2D eigenvalue weighted by Gasteiger charge is -2.23. The van der Waals surface area contributed by atoms with E-state index in [1.54, 1.807) is 4.90 Å². The molecular weight excluding hydrogens is 276 g/mol. The Balaban J connectivity index is 1.65. The van der Waals surface area contributed by atoms with E-state index in [9.17, 15) is 4.79 Å². The van der Waals surface area contributed by atoms with Crippen LogP contribution in [-0.2, 0) is 6.54 Å². The molecule has 0 aliphatic carbocycles. The molecule has 1 saturated heterocycles. The lowest BCUT2D eigenvalue weighted by atomic mass is 10.1. The van der Waals surface area contributed by atoms with Gasteiger partial charge in [-0.3, -0.25) is 9.48 Å². The van der Waals surface area contributed by atoms with Gasteiger partial charge in [0.15, 0.2) is 0 Å². The van der Waals surface area contributed by atoms with Gasteiger partial charge in [-0.25, -0.2) is 0 Å². The fraction of sp³-hybridized carbons (Fsp3) is 0.412. The summed E-state index contributed by atoms with van der Waals surface area (Å²) < 4.78 is 1.93. The summed E-state index contributed by atoms with van der Waals surface area (Å²) in [6, 6.07) is 12.2. The highest BCUT2D eigenvalue weighted by atomic mass is 16.2. The average Bonchev–Trinajstić information content (AvgIpc) is 3.06. The molecule has 1 aromatic carbocycles. The second kappa shape index (κ2) is 6.75. The number of benzene rings is 1. The molecule has 1 amide bonds. The summed E-state index contributed by atoms with van der Waals surface area (Å²) in [4.78, 5) is 14.2. The Bertz CT molecular complexity index is 617. The molecule has 1 fully saturated rings. The van der Waals surface area contributed by atoms with Crippen molar-refractivity contribution in [2.24, 2.45) is 0 Å². The number of aromatic nitrogens is 2.